The van der Waals surface area contributed by atoms with Crippen LogP contribution in [0.3, 0.4) is 0 Å². The number of rotatable bonds is 9. The van der Waals surface area contributed by atoms with Crippen LogP contribution in [0.25, 0.3) is 16.5 Å². The molecule has 3 aromatic rings. The fraction of sp³-hybridized carbons (Fsp3) is 0.308. The zero-order valence-corrected chi connectivity index (χ0v) is 20.9. The van der Waals surface area contributed by atoms with Crippen molar-refractivity contribution in [3.63, 3.8) is 0 Å². The number of carbonyl (C=O) groups is 2. The molecule has 0 radical (unpaired) electrons. The minimum absolute atomic E-state index is 0.0410. The summed E-state index contributed by atoms with van der Waals surface area (Å²) in [4.78, 5) is 25.1. The van der Waals surface area contributed by atoms with Crippen LogP contribution in [0.15, 0.2) is 59.1 Å². The molecule has 0 aliphatic rings. The highest BCUT2D eigenvalue weighted by molar-refractivity contribution is 7.90. The molecule has 2 aromatic carbocycles. The van der Waals surface area contributed by atoms with Gasteiger partial charge in [-0.2, -0.15) is 0 Å². The third-order valence-electron chi connectivity index (χ3n) is 5.47. The van der Waals surface area contributed by atoms with Crippen LogP contribution in [0, 0.1) is 6.92 Å². The SMILES string of the molecule is CCOC(=O)CCC(=O)C(=C(C)C)c1cn(S(=O)(=O)c2ccc(C)cc2)c2ccc(OC)cc12. The number of hydrogen-bond acceptors (Lipinski definition) is 6. The van der Waals surface area contributed by atoms with Crippen molar-refractivity contribution in [2.75, 3.05) is 13.7 Å². The van der Waals surface area contributed by atoms with Gasteiger partial charge in [-0.15, -0.1) is 0 Å². The molecule has 0 fully saturated rings. The quantitative estimate of drug-likeness (QED) is 0.318. The van der Waals surface area contributed by atoms with Gasteiger partial charge in [0.05, 0.1) is 30.5 Å². The number of ether oxygens (including phenoxy) is 2. The van der Waals surface area contributed by atoms with Crippen LogP contribution in [-0.2, 0) is 24.3 Å². The predicted octanol–water partition coefficient (Wildman–Crippen LogP) is 4.90. The first kappa shape index (κ1) is 25.2. The lowest BCUT2D eigenvalue weighted by molar-refractivity contribution is -0.144. The summed E-state index contributed by atoms with van der Waals surface area (Å²) in [5, 5.41) is 0.565. The van der Waals surface area contributed by atoms with Crippen LogP contribution in [0.1, 0.15) is 44.7 Å². The summed E-state index contributed by atoms with van der Waals surface area (Å²) < 4.78 is 38.6. The maximum Gasteiger partial charge on any atom is 0.306 e. The molecule has 0 N–H and O–H groups in total. The van der Waals surface area contributed by atoms with Crippen LogP contribution < -0.4 is 4.74 Å². The first-order valence-corrected chi connectivity index (χ1v) is 12.4. The van der Waals surface area contributed by atoms with Crippen LogP contribution in [-0.4, -0.2) is 37.9 Å². The number of aromatic nitrogens is 1. The second-order valence-electron chi connectivity index (χ2n) is 8.14. The molecule has 34 heavy (non-hydrogen) atoms. The first-order chi connectivity index (χ1) is 16.1. The number of fused-ring (bicyclic) bond motifs is 1. The standard InChI is InChI=1S/C26H29NO6S/c1-6-33-25(29)14-13-24(28)26(17(2)3)22-16-27(23-12-9-19(32-5)15-21(22)23)34(30,31)20-10-7-18(4)8-11-20/h7-12,15-16H,6,13-14H2,1-5H3. The molecular formula is C26H29NO6S. The Kier molecular flexibility index (Phi) is 7.61. The van der Waals surface area contributed by atoms with Crippen molar-refractivity contribution < 1.29 is 27.5 Å². The van der Waals surface area contributed by atoms with Crippen LogP contribution >= 0.6 is 0 Å². The van der Waals surface area contributed by atoms with E-state index in [0.717, 1.165) is 5.56 Å². The third kappa shape index (κ3) is 5.07. The van der Waals surface area contributed by atoms with E-state index in [-0.39, 0.29) is 30.1 Å². The maximum atomic E-state index is 13.5. The number of esters is 1. The van der Waals surface area contributed by atoms with Crippen molar-refractivity contribution in [1.29, 1.82) is 0 Å². The van der Waals surface area contributed by atoms with Gasteiger partial charge in [-0.1, -0.05) is 23.3 Å². The van der Waals surface area contributed by atoms with E-state index in [1.165, 1.54) is 17.3 Å². The lowest BCUT2D eigenvalue weighted by Gasteiger charge is -2.09. The van der Waals surface area contributed by atoms with Gasteiger partial charge in [-0.25, -0.2) is 12.4 Å². The fourth-order valence-electron chi connectivity index (χ4n) is 3.80. The van der Waals surface area contributed by atoms with Crippen LogP contribution in [0.4, 0.5) is 0 Å². The van der Waals surface area contributed by atoms with Gasteiger partial charge in [0.1, 0.15) is 5.75 Å². The highest BCUT2D eigenvalue weighted by Crippen LogP contribution is 2.35. The van der Waals surface area contributed by atoms with E-state index in [1.807, 2.05) is 6.92 Å². The molecule has 0 spiro atoms. The van der Waals surface area contributed by atoms with Crippen molar-refractivity contribution in [3.8, 4) is 5.75 Å². The van der Waals surface area contributed by atoms with Gasteiger partial charge in [-0.3, -0.25) is 9.59 Å². The molecule has 0 amide bonds. The normalized spacial score (nSPS) is 11.3. The summed E-state index contributed by atoms with van der Waals surface area (Å²) in [6, 6.07) is 11.7. The number of aryl methyl sites for hydroxylation is 1. The summed E-state index contributed by atoms with van der Waals surface area (Å²) in [5.74, 6) is -0.177. The summed E-state index contributed by atoms with van der Waals surface area (Å²) in [7, 11) is -2.41. The summed E-state index contributed by atoms with van der Waals surface area (Å²) in [6.45, 7) is 7.41. The smallest absolute Gasteiger partial charge is 0.306 e. The molecule has 1 aromatic heterocycles. The number of carbonyl (C=O) groups excluding carboxylic acids is 2. The molecule has 7 nitrogen and oxygen atoms in total. The van der Waals surface area contributed by atoms with Gasteiger partial charge in [0.2, 0.25) is 0 Å². The highest BCUT2D eigenvalue weighted by Gasteiger charge is 2.26. The number of hydrogen-bond donors (Lipinski definition) is 0. The second kappa shape index (κ2) is 10.3. The fourth-order valence-corrected chi connectivity index (χ4v) is 5.17. The topological polar surface area (TPSA) is 91.7 Å². The molecule has 0 unspecified atom stereocenters. The predicted molar refractivity (Wildman–Crippen MR) is 131 cm³/mol. The number of methoxy groups -OCH3 is 1. The van der Waals surface area contributed by atoms with E-state index < -0.39 is 16.0 Å². The largest absolute Gasteiger partial charge is 0.497 e. The van der Waals surface area contributed by atoms with Gasteiger partial charge >= 0.3 is 5.97 Å². The average molecular weight is 484 g/mol. The molecule has 1 heterocycles. The van der Waals surface area contributed by atoms with E-state index >= 15 is 0 Å². The van der Waals surface area contributed by atoms with Crippen molar-refractivity contribution in [3.05, 3.63) is 65.4 Å². The Morgan fingerprint density at radius 1 is 1.00 bits per heavy atom. The monoisotopic (exact) mass is 483 g/mol. The molecular weight excluding hydrogens is 454 g/mol. The number of benzene rings is 2. The average Bonchev–Trinajstić information content (AvgIpc) is 3.17. The molecule has 0 aliphatic carbocycles. The van der Waals surface area contributed by atoms with Gasteiger partial charge in [0.25, 0.3) is 10.0 Å². The van der Waals surface area contributed by atoms with Crippen molar-refractivity contribution in [1.82, 2.24) is 3.97 Å². The number of ketones is 1. The van der Waals surface area contributed by atoms with Crippen LogP contribution in [0.5, 0.6) is 5.75 Å². The molecule has 3 rings (SSSR count). The second-order valence-corrected chi connectivity index (χ2v) is 9.96. The van der Waals surface area contributed by atoms with Crippen molar-refractivity contribution in [2.24, 2.45) is 0 Å². The Morgan fingerprint density at radius 2 is 1.68 bits per heavy atom. The van der Waals surface area contributed by atoms with Crippen molar-refractivity contribution in [2.45, 2.75) is 45.4 Å². The molecule has 0 atom stereocenters. The zero-order valence-electron chi connectivity index (χ0n) is 20.0. The third-order valence-corrected chi connectivity index (χ3v) is 7.15. The van der Waals surface area contributed by atoms with E-state index in [1.54, 1.807) is 63.2 Å². The molecule has 0 bridgehead atoms. The number of allylic oxidation sites excluding steroid dienone is 2. The molecule has 0 aliphatic heterocycles. The van der Waals surface area contributed by atoms with E-state index in [9.17, 15) is 18.0 Å². The van der Waals surface area contributed by atoms with Crippen LogP contribution in [0.2, 0.25) is 0 Å². The molecule has 8 heteroatoms. The van der Waals surface area contributed by atoms with Gasteiger partial charge < -0.3 is 9.47 Å². The Hall–Kier alpha value is -3.39. The van der Waals surface area contributed by atoms with Gasteiger partial charge in [0.15, 0.2) is 5.78 Å². The Balaban J connectivity index is 2.18. The Morgan fingerprint density at radius 3 is 2.26 bits per heavy atom. The lowest BCUT2D eigenvalue weighted by atomic mass is 9.94. The molecule has 0 saturated carbocycles. The lowest BCUT2D eigenvalue weighted by Crippen LogP contribution is -2.12. The van der Waals surface area contributed by atoms with E-state index in [2.05, 4.69) is 0 Å². The van der Waals surface area contributed by atoms with Gasteiger partial charge in [0, 0.05) is 29.1 Å². The van der Waals surface area contributed by atoms with E-state index in [0.29, 0.717) is 33.4 Å². The number of nitrogens with zero attached hydrogens (tertiary/aromatic N) is 1. The van der Waals surface area contributed by atoms with Crippen molar-refractivity contribution >= 4 is 38.3 Å². The maximum absolute atomic E-state index is 13.5. The zero-order chi connectivity index (χ0) is 25.0. The summed E-state index contributed by atoms with van der Waals surface area (Å²) in [6.07, 6.45) is 1.39. The highest BCUT2D eigenvalue weighted by atomic mass is 32.2. The first-order valence-electron chi connectivity index (χ1n) is 11.0. The van der Waals surface area contributed by atoms with Gasteiger partial charge in [-0.05, 0) is 58.0 Å². The minimum Gasteiger partial charge on any atom is -0.497 e. The summed E-state index contributed by atoms with van der Waals surface area (Å²) >= 11 is 0. The molecule has 0 saturated heterocycles. The minimum atomic E-state index is -3.93. The Labute approximate surface area is 200 Å². The Bertz CT molecular complexity index is 1360. The number of Topliss-reactive ketones (excluding diaryl/α,β-unsaturated/α-hetero) is 1. The molecule has 180 valence electrons. The summed E-state index contributed by atoms with van der Waals surface area (Å²) in [5.41, 5.74) is 2.93. The van der Waals surface area contributed by atoms with E-state index in [4.69, 9.17) is 9.47 Å².